The van der Waals surface area contributed by atoms with Crippen LogP contribution in [0.5, 0.6) is 5.75 Å². The number of ether oxygens (including phenoxy) is 4. The molecule has 1 heterocycles. The monoisotopic (exact) mass is 405 g/mol. The maximum Gasteiger partial charge on any atom is 0.261 e. The molecule has 0 N–H and O–H groups in total. The molecule has 0 aromatic heterocycles. The maximum atomic E-state index is 12.3. The van der Waals surface area contributed by atoms with Crippen molar-refractivity contribution in [1.82, 2.24) is 0 Å². The van der Waals surface area contributed by atoms with E-state index < -0.39 is 0 Å². The van der Waals surface area contributed by atoms with Crippen molar-refractivity contribution in [2.75, 3.05) is 51.1 Å². The molecule has 1 aliphatic heterocycles. The lowest BCUT2D eigenvalue weighted by Crippen LogP contribution is -2.31. The third-order valence-electron chi connectivity index (χ3n) is 4.23. The van der Waals surface area contributed by atoms with Crippen LogP contribution in [0.15, 0.2) is 35.4 Å². The number of hydrogen-bond donors (Lipinski definition) is 0. The number of imide groups is 1. The molecule has 2 amide bonds. The van der Waals surface area contributed by atoms with Gasteiger partial charge in [0.1, 0.15) is 19.0 Å². The Bertz CT molecular complexity index is 748. The summed E-state index contributed by atoms with van der Waals surface area (Å²) in [6, 6.07) is 6.84. The van der Waals surface area contributed by atoms with E-state index in [0.29, 0.717) is 62.2 Å². The highest BCUT2D eigenvalue weighted by atomic mass is 16.6. The minimum Gasteiger partial charge on any atom is -0.491 e. The summed E-state index contributed by atoms with van der Waals surface area (Å²) in [6.45, 7) is 7.18. The zero-order valence-corrected chi connectivity index (χ0v) is 17.1. The zero-order chi connectivity index (χ0) is 21.2. The van der Waals surface area contributed by atoms with Crippen molar-refractivity contribution in [3.8, 4) is 5.75 Å². The van der Waals surface area contributed by atoms with Gasteiger partial charge in [0.2, 0.25) is 0 Å². The summed E-state index contributed by atoms with van der Waals surface area (Å²) in [6.07, 6.45) is 0. The van der Waals surface area contributed by atoms with Crippen molar-refractivity contribution in [2.24, 2.45) is 0 Å². The molecule has 0 saturated carbocycles. The third-order valence-corrected chi connectivity index (χ3v) is 4.23. The van der Waals surface area contributed by atoms with Gasteiger partial charge in [-0.2, -0.15) is 0 Å². The van der Waals surface area contributed by atoms with Crippen molar-refractivity contribution in [3.63, 3.8) is 0 Å². The zero-order valence-electron chi connectivity index (χ0n) is 17.1. The highest BCUT2D eigenvalue weighted by Gasteiger charge is 2.34. The van der Waals surface area contributed by atoms with E-state index in [-0.39, 0.29) is 24.2 Å². The first-order valence-electron chi connectivity index (χ1n) is 9.43. The largest absolute Gasteiger partial charge is 0.491 e. The summed E-state index contributed by atoms with van der Waals surface area (Å²) in [5, 5.41) is 0. The summed E-state index contributed by atoms with van der Waals surface area (Å²) >= 11 is 0. The van der Waals surface area contributed by atoms with Crippen molar-refractivity contribution >= 4 is 23.3 Å². The number of nitrogens with zero attached hydrogens (tertiary/aromatic N) is 1. The van der Waals surface area contributed by atoms with Gasteiger partial charge in [0.05, 0.1) is 38.7 Å². The normalized spacial score (nSPS) is 14.1. The van der Waals surface area contributed by atoms with Crippen LogP contribution in [0.3, 0.4) is 0 Å². The van der Waals surface area contributed by atoms with Crippen LogP contribution >= 0.6 is 0 Å². The lowest BCUT2D eigenvalue weighted by Gasteiger charge is -2.16. The Morgan fingerprint density at radius 2 is 1.41 bits per heavy atom. The lowest BCUT2D eigenvalue weighted by atomic mass is 10.2. The molecule has 29 heavy (non-hydrogen) atoms. The molecule has 1 aromatic carbocycles. The third kappa shape index (κ3) is 6.77. The molecule has 0 bridgehead atoms. The summed E-state index contributed by atoms with van der Waals surface area (Å²) in [5.74, 6) is -0.0773. The summed E-state index contributed by atoms with van der Waals surface area (Å²) in [4.78, 5) is 36.4. The van der Waals surface area contributed by atoms with Gasteiger partial charge in [-0.15, -0.1) is 0 Å². The summed E-state index contributed by atoms with van der Waals surface area (Å²) in [7, 11) is 0. The predicted molar refractivity (Wildman–Crippen MR) is 106 cm³/mol. The van der Waals surface area contributed by atoms with Crippen LogP contribution < -0.4 is 9.64 Å². The number of hydrogen-bond acceptors (Lipinski definition) is 7. The van der Waals surface area contributed by atoms with Crippen LogP contribution in [0.1, 0.15) is 20.8 Å². The van der Waals surface area contributed by atoms with Gasteiger partial charge in [0.25, 0.3) is 11.8 Å². The Kier molecular flexibility index (Phi) is 8.98. The molecule has 0 atom stereocenters. The van der Waals surface area contributed by atoms with Crippen molar-refractivity contribution in [3.05, 3.63) is 35.4 Å². The van der Waals surface area contributed by atoms with E-state index in [2.05, 4.69) is 0 Å². The molecule has 0 saturated heterocycles. The van der Waals surface area contributed by atoms with E-state index in [1.165, 1.54) is 6.92 Å². The van der Waals surface area contributed by atoms with E-state index in [0.717, 1.165) is 4.90 Å². The van der Waals surface area contributed by atoms with Crippen LogP contribution in [-0.2, 0) is 28.6 Å². The van der Waals surface area contributed by atoms with Gasteiger partial charge in [0.15, 0.2) is 5.78 Å². The van der Waals surface area contributed by atoms with Crippen LogP contribution in [0.25, 0.3) is 0 Å². The van der Waals surface area contributed by atoms with Gasteiger partial charge in [-0.05, 0) is 32.9 Å². The van der Waals surface area contributed by atoms with Crippen LogP contribution in [-0.4, -0.2) is 63.8 Å². The molecular formula is C21H27NO7. The first-order chi connectivity index (χ1) is 13.9. The number of carbonyl (C=O) groups is 3. The fourth-order valence-corrected chi connectivity index (χ4v) is 2.57. The molecule has 2 rings (SSSR count). The minimum absolute atomic E-state index is 0.0145. The van der Waals surface area contributed by atoms with E-state index in [1.807, 2.05) is 0 Å². The predicted octanol–water partition coefficient (Wildman–Crippen LogP) is 1.91. The first kappa shape index (κ1) is 22.7. The molecule has 158 valence electrons. The fourth-order valence-electron chi connectivity index (χ4n) is 2.57. The van der Waals surface area contributed by atoms with Crippen LogP contribution in [0.2, 0.25) is 0 Å². The minimum atomic E-state index is -0.306. The Morgan fingerprint density at radius 3 is 2.00 bits per heavy atom. The average molecular weight is 405 g/mol. The number of anilines is 1. The number of Topliss-reactive ketones (excluding diaryl/α,β-unsaturated/α-hetero) is 1. The van der Waals surface area contributed by atoms with Gasteiger partial charge in [-0.1, -0.05) is 6.07 Å². The Hall–Kier alpha value is -2.55. The number of ketones is 1. The number of amides is 2. The number of rotatable bonds is 13. The molecule has 0 radical (unpaired) electrons. The number of carbonyl (C=O) groups excluding carboxylic acids is 3. The molecule has 8 nitrogen and oxygen atoms in total. The molecule has 0 aliphatic carbocycles. The molecule has 1 aliphatic rings. The van der Waals surface area contributed by atoms with Gasteiger partial charge in [0, 0.05) is 17.2 Å². The van der Waals surface area contributed by atoms with Crippen molar-refractivity contribution < 1.29 is 33.3 Å². The van der Waals surface area contributed by atoms with E-state index >= 15 is 0 Å². The van der Waals surface area contributed by atoms with Gasteiger partial charge >= 0.3 is 0 Å². The first-order valence-corrected chi connectivity index (χ1v) is 9.43. The van der Waals surface area contributed by atoms with Gasteiger partial charge < -0.3 is 18.9 Å². The molecule has 0 fully saturated rings. The van der Waals surface area contributed by atoms with Crippen molar-refractivity contribution in [1.29, 1.82) is 0 Å². The smallest absolute Gasteiger partial charge is 0.261 e. The quantitative estimate of drug-likeness (QED) is 0.366. The standard InChI is InChI=1S/C21H27NO7/c1-15(23)14-28-10-9-26-7-8-27-11-12-29-19-6-4-5-18(13-19)22-20(24)16(2)17(3)21(22)25/h4-6,13H,7-12,14H2,1-3H3. The second kappa shape index (κ2) is 11.5. The Labute approximate surface area is 170 Å². The van der Waals surface area contributed by atoms with Crippen LogP contribution in [0.4, 0.5) is 5.69 Å². The topological polar surface area (TPSA) is 91.4 Å². The van der Waals surface area contributed by atoms with Gasteiger partial charge in [-0.25, -0.2) is 4.90 Å². The fraction of sp³-hybridized carbons (Fsp3) is 0.476. The Balaban J connectivity index is 1.64. The van der Waals surface area contributed by atoms with Crippen molar-refractivity contribution in [2.45, 2.75) is 20.8 Å². The highest BCUT2D eigenvalue weighted by Crippen LogP contribution is 2.28. The molecular weight excluding hydrogens is 378 g/mol. The highest BCUT2D eigenvalue weighted by molar-refractivity contribution is 6.32. The lowest BCUT2D eigenvalue weighted by molar-refractivity contribution is -0.122. The van der Waals surface area contributed by atoms with E-state index in [9.17, 15) is 14.4 Å². The maximum absolute atomic E-state index is 12.3. The van der Waals surface area contributed by atoms with Gasteiger partial charge in [-0.3, -0.25) is 14.4 Å². The van der Waals surface area contributed by atoms with E-state index in [1.54, 1.807) is 38.1 Å². The SMILES string of the molecule is CC(=O)COCCOCCOCCOc1cccc(N2C(=O)C(C)=C(C)C2=O)c1. The Morgan fingerprint density at radius 1 is 0.862 bits per heavy atom. The molecule has 0 unspecified atom stereocenters. The second-order valence-electron chi connectivity index (χ2n) is 6.52. The average Bonchev–Trinajstić information content (AvgIpc) is 2.89. The summed E-state index contributed by atoms with van der Waals surface area (Å²) < 4.78 is 21.4. The molecule has 1 aromatic rings. The van der Waals surface area contributed by atoms with Crippen LogP contribution in [0, 0.1) is 0 Å². The second-order valence-corrected chi connectivity index (χ2v) is 6.52. The molecule has 8 heteroatoms. The van der Waals surface area contributed by atoms with E-state index in [4.69, 9.17) is 18.9 Å². The number of benzene rings is 1. The summed E-state index contributed by atoms with van der Waals surface area (Å²) in [5.41, 5.74) is 1.40. The molecule has 0 spiro atoms.